The van der Waals surface area contributed by atoms with Crippen LogP contribution in [0.4, 0.5) is 0 Å². The molecule has 0 radical (unpaired) electrons. The first-order valence-corrected chi connectivity index (χ1v) is 5.71. The average Bonchev–Trinajstić information content (AvgIpc) is 2.28. The van der Waals surface area contributed by atoms with E-state index in [0.29, 0.717) is 6.54 Å². The second-order valence-corrected chi connectivity index (χ2v) is 3.84. The number of nitrogens with two attached hydrogens (primary N) is 1. The third-order valence-corrected chi connectivity index (χ3v) is 2.72. The van der Waals surface area contributed by atoms with E-state index in [2.05, 4.69) is 45.0 Å². The lowest BCUT2D eigenvalue weighted by atomic mass is 9.96. The number of benzene rings is 1. The summed E-state index contributed by atoms with van der Waals surface area (Å²) in [7, 11) is 0. The zero-order chi connectivity index (χ0) is 11.3. The Labute approximate surface area is 93.0 Å². The molecule has 1 aromatic carbocycles. The van der Waals surface area contributed by atoms with E-state index in [0.717, 1.165) is 12.8 Å². The fourth-order valence-electron chi connectivity index (χ4n) is 1.87. The van der Waals surface area contributed by atoms with Crippen molar-refractivity contribution >= 4 is 5.57 Å². The first-order valence-electron chi connectivity index (χ1n) is 5.71. The van der Waals surface area contributed by atoms with E-state index in [-0.39, 0.29) is 0 Å². The molecule has 0 aliphatic carbocycles. The van der Waals surface area contributed by atoms with Crippen molar-refractivity contribution in [1.29, 1.82) is 0 Å². The molecular formula is C14H21N. The van der Waals surface area contributed by atoms with Crippen molar-refractivity contribution in [3.05, 3.63) is 41.0 Å². The van der Waals surface area contributed by atoms with Crippen molar-refractivity contribution in [2.45, 2.75) is 40.2 Å². The minimum Gasteiger partial charge on any atom is -0.326 e. The third kappa shape index (κ3) is 2.93. The number of aryl methyl sites for hydroxylation is 1. The molecule has 0 bridgehead atoms. The van der Waals surface area contributed by atoms with E-state index in [1.807, 2.05) is 0 Å². The molecule has 1 rings (SSSR count). The van der Waals surface area contributed by atoms with Gasteiger partial charge in [0.25, 0.3) is 0 Å². The van der Waals surface area contributed by atoms with Crippen LogP contribution < -0.4 is 5.73 Å². The summed E-state index contributed by atoms with van der Waals surface area (Å²) in [5.41, 5.74) is 11.0. The van der Waals surface area contributed by atoms with Crippen LogP contribution in [0.2, 0.25) is 0 Å². The summed E-state index contributed by atoms with van der Waals surface area (Å²) in [5, 5.41) is 0. The van der Waals surface area contributed by atoms with Gasteiger partial charge >= 0.3 is 0 Å². The Morgan fingerprint density at radius 1 is 1.33 bits per heavy atom. The van der Waals surface area contributed by atoms with Crippen molar-refractivity contribution < 1.29 is 0 Å². The number of hydrogen-bond acceptors (Lipinski definition) is 1. The predicted octanol–water partition coefficient (Wildman–Crippen LogP) is 3.52. The Hall–Kier alpha value is -1.08. The quantitative estimate of drug-likeness (QED) is 0.796. The van der Waals surface area contributed by atoms with Gasteiger partial charge in [-0.25, -0.2) is 0 Å². The fourth-order valence-corrected chi connectivity index (χ4v) is 1.87. The lowest BCUT2D eigenvalue weighted by Gasteiger charge is -2.10. The van der Waals surface area contributed by atoms with Crippen molar-refractivity contribution in [2.24, 2.45) is 5.73 Å². The van der Waals surface area contributed by atoms with Gasteiger partial charge in [-0.3, -0.25) is 0 Å². The minimum absolute atomic E-state index is 0.629. The van der Waals surface area contributed by atoms with E-state index in [1.165, 1.54) is 22.3 Å². The summed E-state index contributed by atoms with van der Waals surface area (Å²) in [4.78, 5) is 0. The van der Waals surface area contributed by atoms with Gasteiger partial charge < -0.3 is 5.73 Å². The van der Waals surface area contributed by atoms with E-state index in [4.69, 9.17) is 5.73 Å². The molecule has 1 heteroatoms. The lowest BCUT2D eigenvalue weighted by Crippen LogP contribution is -1.99. The SMILES string of the molecule is CC/C=C(/C)c1ccc(CN)cc1CC. The molecule has 0 aliphatic rings. The van der Waals surface area contributed by atoms with Gasteiger partial charge in [-0.1, -0.05) is 38.1 Å². The Bertz CT molecular complexity index is 350. The predicted molar refractivity (Wildman–Crippen MR) is 67.7 cm³/mol. The summed E-state index contributed by atoms with van der Waals surface area (Å²) in [6.07, 6.45) is 4.43. The molecule has 0 aliphatic heterocycles. The number of hydrogen-bond donors (Lipinski definition) is 1. The highest BCUT2D eigenvalue weighted by Crippen LogP contribution is 2.21. The van der Waals surface area contributed by atoms with Gasteiger partial charge in [-0.05, 0) is 42.0 Å². The van der Waals surface area contributed by atoms with Crippen molar-refractivity contribution in [3.63, 3.8) is 0 Å². The topological polar surface area (TPSA) is 26.0 Å². The van der Waals surface area contributed by atoms with Crippen LogP contribution in [0.25, 0.3) is 5.57 Å². The van der Waals surface area contributed by atoms with Crippen molar-refractivity contribution in [2.75, 3.05) is 0 Å². The first-order chi connectivity index (χ1) is 7.22. The summed E-state index contributed by atoms with van der Waals surface area (Å²) in [6, 6.07) is 6.55. The van der Waals surface area contributed by atoms with Crippen LogP contribution in [-0.2, 0) is 13.0 Å². The van der Waals surface area contributed by atoms with Crippen LogP contribution in [0.1, 0.15) is 43.9 Å². The summed E-state index contributed by atoms with van der Waals surface area (Å²) >= 11 is 0. The average molecular weight is 203 g/mol. The molecule has 82 valence electrons. The summed E-state index contributed by atoms with van der Waals surface area (Å²) in [6.45, 7) is 7.17. The van der Waals surface area contributed by atoms with Crippen LogP contribution in [0.5, 0.6) is 0 Å². The standard InChI is InChI=1S/C14H21N/c1-4-6-11(3)14-8-7-12(10-15)9-13(14)5-2/h6-9H,4-5,10,15H2,1-3H3/b11-6-. The molecule has 0 amide bonds. The minimum atomic E-state index is 0.629. The Kier molecular flexibility index (Phi) is 4.57. The zero-order valence-electron chi connectivity index (χ0n) is 10.0. The van der Waals surface area contributed by atoms with Gasteiger partial charge in [0.1, 0.15) is 0 Å². The highest BCUT2D eigenvalue weighted by molar-refractivity contribution is 5.67. The van der Waals surface area contributed by atoms with Crippen LogP contribution in [0.3, 0.4) is 0 Å². The summed E-state index contributed by atoms with van der Waals surface area (Å²) < 4.78 is 0. The van der Waals surface area contributed by atoms with Crippen LogP contribution >= 0.6 is 0 Å². The van der Waals surface area contributed by atoms with Crippen LogP contribution in [0, 0.1) is 0 Å². The second-order valence-electron chi connectivity index (χ2n) is 3.84. The molecule has 0 spiro atoms. The van der Waals surface area contributed by atoms with Crippen molar-refractivity contribution in [3.8, 4) is 0 Å². The first kappa shape index (κ1) is 12.0. The van der Waals surface area contributed by atoms with E-state index in [9.17, 15) is 0 Å². The molecule has 0 saturated carbocycles. The van der Waals surface area contributed by atoms with Gasteiger partial charge in [0.05, 0.1) is 0 Å². The summed E-state index contributed by atoms with van der Waals surface area (Å²) in [5.74, 6) is 0. The normalized spacial score (nSPS) is 11.9. The molecule has 0 atom stereocenters. The molecule has 2 N–H and O–H groups in total. The van der Waals surface area contributed by atoms with Gasteiger partial charge in [0.2, 0.25) is 0 Å². The third-order valence-electron chi connectivity index (χ3n) is 2.72. The Balaban J connectivity index is 3.13. The molecule has 0 aromatic heterocycles. The zero-order valence-corrected chi connectivity index (χ0v) is 10.0. The Morgan fingerprint density at radius 3 is 2.60 bits per heavy atom. The van der Waals surface area contributed by atoms with Crippen LogP contribution in [0.15, 0.2) is 24.3 Å². The molecular weight excluding hydrogens is 182 g/mol. The highest BCUT2D eigenvalue weighted by Gasteiger charge is 2.03. The van der Waals surface area contributed by atoms with Gasteiger partial charge in [0.15, 0.2) is 0 Å². The lowest BCUT2D eigenvalue weighted by molar-refractivity contribution is 1.04. The van der Waals surface area contributed by atoms with Crippen molar-refractivity contribution in [1.82, 2.24) is 0 Å². The van der Waals surface area contributed by atoms with E-state index in [1.54, 1.807) is 0 Å². The molecule has 1 nitrogen and oxygen atoms in total. The number of rotatable bonds is 4. The molecule has 0 saturated heterocycles. The second kappa shape index (κ2) is 5.72. The molecule has 0 heterocycles. The van der Waals surface area contributed by atoms with Gasteiger partial charge in [-0.2, -0.15) is 0 Å². The van der Waals surface area contributed by atoms with E-state index >= 15 is 0 Å². The molecule has 0 fully saturated rings. The maximum Gasteiger partial charge on any atom is 0.0178 e. The maximum atomic E-state index is 5.64. The smallest absolute Gasteiger partial charge is 0.0178 e. The highest BCUT2D eigenvalue weighted by atomic mass is 14.5. The Morgan fingerprint density at radius 2 is 2.07 bits per heavy atom. The largest absolute Gasteiger partial charge is 0.326 e. The monoisotopic (exact) mass is 203 g/mol. The molecule has 1 aromatic rings. The molecule has 0 unspecified atom stereocenters. The van der Waals surface area contributed by atoms with Crippen LogP contribution in [-0.4, -0.2) is 0 Å². The number of allylic oxidation sites excluding steroid dienone is 2. The van der Waals surface area contributed by atoms with E-state index < -0.39 is 0 Å². The molecule has 15 heavy (non-hydrogen) atoms. The fraction of sp³-hybridized carbons (Fsp3) is 0.429. The van der Waals surface area contributed by atoms with Gasteiger partial charge in [-0.15, -0.1) is 0 Å². The maximum absolute atomic E-state index is 5.64. The van der Waals surface area contributed by atoms with Gasteiger partial charge in [0, 0.05) is 6.54 Å².